The Kier molecular flexibility index (Phi) is 3.19. The van der Waals surface area contributed by atoms with Gasteiger partial charge >= 0.3 is 0 Å². The number of aryl methyl sites for hydroxylation is 1. The van der Waals surface area contributed by atoms with Crippen molar-refractivity contribution in [2.45, 2.75) is 6.54 Å². The molecule has 0 aliphatic rings. The molecular weight excluding hydrogens is 258 g/mol. The molecule has 14 heavy (non-hydrogen) atoms. The van der Waals surface area contributed by atoms with Crippen molar-refractivity contribution < 1.29 is 0 Å². The molecule has 3 heteroatoms. The summed E-state index contributed by atoms with van der Waals surface area (Å²) in [5.41, 5.74) is 1.31. The van der Waals surface area contributed by atoms with Gasteiger partial charge in [0, 0.05) is 28.5 Å². The van der Waals surface area contributed by atoms with Crippen LogP contribution in [0.4, 0.5) is 0 Å². The Morgan fingerprint density at radius 3 is 3.00 bits per heavy atom. The topological polar surface area (TPSA) is 4.93 Å². The Labute approximate surface area is 96.6 Å². The van der Waals surface area contributed by atoms with Crippen molar-refractivity contribution in [2.24, 2.45) is 0 Å². The fourth-order valence-corrected chi connectivity index (χ4v) is 2.27. The molecule has 0 radical (unpaired) electrons. The zero-order chi connectivity index (χ0) is 9.97. The van der Waals surface area contributed by atoms with E-state index in [1.807, 2.05) is 11.8 Å². The maximum Gasteiger partial charge on any atom is 0.0491 e. The smallest absolute Gasteiger partial charge is 0.0491 e. The second-order valence-electron chi connectivity index (χ2n) is 3.21. The maximum atomic E-state index is 3.50. The highest BCUT2D eigenvalue weighted by atomic mass is 79.9. The van der Waals surface area contributed by atoms with E-state index in [9.17, 15) is 0 Å². The van der Waals surface area contributed by atoms with E-state index in [1.54, 1.807) is 0 Å². The lowest BCUT2D eigenvalue weighted by atomic mass is 10.2. The minimum absolute atomic E-state index is 1.08. The SMILES string of the molecule is CSCCn1ccc2ccc(Br)cc21. The number of thioether (sulfide) groups is 1. The molecule has 0 fully saturated rings. The highest BCUT2D eigenvalue weighted by Gasteiger charge is 2.00. The van der Waals surface area contributed by atoms with Crippen molar-refractivity contribution in [3.63, 3.8) is 0 Å². The first kappa shape index (κ1) is 10.1. The Hall–Kier alpha value is -0.410. The third-order valence-electron chi connectivity index (χ3n) is 2.27. The number of aromatic nitrogens is 1. The summed E-state index contributed by atoms with van der Waals surface area (Å²) in [7, 11) is 0. The lowest BCUT2D eigenvalue weighted by Crippen LogP contribution is -1.97. The van der Waals surface area contributed by atoms with Gasteiger partial charge in [-0.05, 0) is 29.8 Å². The van der Waals surface area contributed by atoms with Gasteiger partial charge in [-0.1, -0.05) is 22.0 Å². The molecule has 1 nitrogen and oxygen atoms in total. The highest BCUT2D eigenvalue weighted by molar-refractivity contribution is 9.10. The lowest BCUT2D eigenvalue weighted by molar-refractivity contribution is 0.808. The first-order valence-electron chi connectivity index (χ1n) is 4.54. The van der Waals surface area contributed by atoms with Crippen LogP contribution in [-0.4, -0.2) is 16.6 Å². The van der Waals surface area contributed by atoms with Gasteiger partial charge in [-0.15, -0.1) is 0 Å². The quantitative estimate of drug-likeness (QED) is 0.822. The Bertz CT molecular complexity index is 436. The number of hydrogen-bond donors (Lipinski definition) is 0. The third kappa shape index (κ3) is 1.98. The van der Waals surface area contributed by atoms with Crippen LogP contribution in [-0.2, 0) is 6.54 Å². The fraction of sp³-hybridized carbons (Fsp3) is 0.273. The van der Waals surface area contributed by atoms with E-state index in [-0.39, 0.29) is 0 Å². The van der Waals surface area contributed by atoms with Crippen LogP contribution in [0.3, 0.4) is 0 Å². The van der Waals surface area contributed by atoms with Gasteiger partial charge in [0.1, 0.15) is 0 Å². The van der Waals surface area contributed by atoms with E-state index >= 15 is 0 Å². The Morgan fingerprint density at radius 1 is 1.36 bits per heavy atom. The number of hydrogen-bond acceptors (Lipinski definition) is 1. The van der Waals surface area contributed by atoms with Gasteiger partial charge in [0.15, 0.2) is 0 Å². The van der Waals surface area contributed by atoms with Crippen LogP contribution < -0.4 is 0 Å². The number of halogens is 1. The molecule has 1 aromatic carbocycles. The van der Waals surface area contributed by atoms with E-state index < -0.39 is 0 Å². The average Bonchev–Trinajstić information content (AvgIpc) is 2.57. The minimum atomic E-state index is 1.08. The lowest BCUT2D eigenvalue weighted by Gasteiger charge is -2.03. The second kappa shape index (κ2) is 4.41. The summed E-state index contributed by atoms with van der Waals surface area (Å²) in [5, 5.41) is 1.31. The normalized spacial score (nSPS) is 11.0. The van der Waals surface area contributed by atoms with Crippen molar-refractivity contribution in [3.05, 3.63) is 34.9 Å². The molecule has 2 aromatic rings. The molecule has 0 aliphatic carbocycles. The van der Waals surface area contributed by atoms with Crippen LogP contribution in [0.2, 0.25) is 0 Å². The highest BCUT2D eigenvalue weighted by Crippen LogP contribution is 2.21. The molecule has 0 N–H and O–H groups in total. The summed E-state index contributed by atoms with van der Waals surface area (Å²) in [4.78, 5) is 0. The summed E-state index contributed by atoms with van der Waals surface area (Å²) >= 11 is 5.38. The molecule has 0 spiro atoms. The predicted octanol–water partition coefficient (Wildman–Crippen LogP) is 3.77. The van der Waals surface area contributed by atoms with Crippen molar-refractivity contribution in [1.29, 1.82) is 0 Å². The summed E-state index contributed by atoms with van der Waals surface area (Å²) < 4.78 is 3.45. The molecule has 74 valence electrons. The van der Waals surface area contributed by atoms with Crippen molar-refractivity contribution in [3.8, 4) is 0 Å². The van der Waals surface area contributed by atoms with Gasteiger partial charge in [0.05, 0.1) is 0 Å². The van der Waals surface area contributed by atoms with Crippen LogP contribution in [0.15, 0.2) is 34.9 Å². The molecule has 0 bridgehead atoms. The van der Waals surface area contributed by atoms with Gasteiger partial charge in [-0.2, -0.15) is 11.8 Å². The average molecular weight is 270 g/mol. The Morgan fingerprint density at radius 2 is 2.21 bits per heavy atom. The standard InChI is InChI=1S/C11H12BrNS/c1-14-7-6-13-5-4-9-2-3-10(12)8-11(9)13/h2-5,8H,6-7H2,1H3. The Balaban J connectivity index is 2.40. The molecule has 0 atom stereocenters. The molecule has 1 aromatic heterocycles. The van der Waals surface area contributed by atoms with Crippen LogP contribution in [0.5, 0.6) is 0 Å². The van der Waals surface area contributed by atoms with E-state index in [4.69, 9.17) is 0 Å². The molecule has 2 rings (SSSR count). The molecule has 0 amide bonds. The van der Waals surface area contributed by atoms with Gasteiger partial charge in [-0.3, -0.25) is 0 Å². The number of benzene rings is 1. The van der Waals surface area contributed by atoms with Crippen LogP contribution >= 0.6 is 27.7 Å². The molecule has 0 aliphatic heterocycles. The first-order chi connectivity index (χ1) is 6.81. The van der Waals surface area contributed by atoms with Gasteiger partial charge in [0.2, 0.25) is 0 Å². The van der Waals surface area contributed by atoms with Gasteiger partial charge in [0.25, 0.3) is 0 Å². The second-order valence-corrected chi connectivity index (χ2v) is 5.11. The van der Waals surface area contributed by atoms with Gasteiger partial charge < -0.3 is 4.57 Å². The summed E-state index contributed by atoms with van der Waals surface area (Å²) in [5.74, 6) is 1.16. The van der Waals surface area contributed by atoms with Crippen molar-refractivity contribution in [2.75, 3.05) is 12.0 Å². The van der Waals surface area contributed by atoms with Crippen molar-refractivity contribution >= 4 is 38.6 Å². The molecular formula is C11H12BrNS. The van der Waals surface area contributed by atoms with E-state index in [0.29, 0.717) is 0 Å². The van der Waals surface area contributed by atoms with Crippen molar-refractivity contribution in [1.82, 2.24) is 4.57 Å². The van der Waals surface area contributed by atoms with Crippen LogP contribution in [0.1, 0.15) is 0 Å². The number of rotatable bonds is 3. The molecule has 1 heterocycles. The summed E-state index contributed by atoms with van der Waals surface area (Å²) in [6.45, 7) is 1.08. The number of nitrogens with zero attached hydrogens (tertiary/aromatic N) is 1. The maximum absolute atomic E-state index is 3.50. The van der Waals surface area contributed by atoms with E-state index in [2.05, 4.69) is 57.2 Å². The predicted molar refractivity (Wildman–Crippen MR) is 68.0 cm³/mol. The van der Waals surface area contributed by atoms with Crippen LogP contribution in [0, 0.1) is 0 Å². The summed E-state index contributed by atoms with van der Waals surface area (Å²) in [6.07, 6.45) is 4.30. The van der Waals surface area contributed by atoms with Crippen LogP contribution in [0.25, 0.3) is 10.9 Å². The van der Waals surface area contributed by atoms with E-state index in [0.717, 1.165) is 16.8 Å². The number of fused-ring (bicyclic) bond motifs is 1. The largest absolute Gasteiger partial charge is 0.347 e. The molecule has 0 saturated carbocycles. The third-order valence-corrected chi connectivity index (χ3v) is 3.36. The molecule has 0 unspecified atom stereocenters. The zero-order valence-electron chi connectivity index (χ0n) is 8.03. The van der Waals surface area contributed by atoms with Gasteiger partial charge in [-0.25, -0.2) is 0 Å². The monoisotopic (exact) mass is 269 g/mol. The first-order valence-corrected chi connectivity index (χ1v) is 6.73. The van der Waals surface area contributed by atoms with E-state index in [1.165, 1.54) is 10.9 Å². The minimum Gasteiger partial charge on any atom is -0.347 e. The summed E-state index contributed by atoms with van der Waals surface area (Å²) in [6, 6.07) is 8.58. The fourth-order valence-electron chi connectivity index (χ4n) is 1.54. The zero-order valence-corrected chi connectivity index (χ0v) is 10.4. The molecule has 0 saturated heterocycles.